The summed E-state index contributed by atoms with van der Waals surface area (Å²) >= 11 is 3.60. The summed E-state index contributed by atoms with van der Waals surface area (Å²) in [4.78, 5) is 0. The van der Waals surface area contributed by atoms with E-state index in [1.165, 1.54) is 18.4 Å². The standard InChI is InChI=1S/C16H24BrNO2/c1-3-13(18)7-12-8-14(17)16(15(9-12)19-4-2)20-10-11-5-6-11/h8-9,11,13H,3-7,10,18H2,1-2H3. The highest BCUT2D eigenvalue weighted by Crippen LogP contribution is 2.39. The largest absolute Gasteiger partial charge is 0.490 e. The van der Waals surface area contributed by atoms with Gasteiger partial charge in [0.15, 0.2) is 11.5 Å². The number of rotatable bonds is 8. The van der Waals surface area contributed by atoms with Crippen LogP contribution in [-0.4, -0.2) is 19.3 Å². The van der Waals surface area contributed by atoms with Crippen LogP contribution in [0.1, 0.15) is 38.7 Å². The molecule has 0 spiro atoms. The van der Waals surface area contributed by atoms with Crippen molar-refractivity contribution in [3.8, 4) is 11.5 Å². The molecule has 1 fully saturated rings. The lowest BCUT2D eigenvalue weighted by atomic mass is 10.0. The topological polar surface area (TPSA) is 44.5 Å². The van der Waals surface area contributed by atoms with Crippen molar-refractivity contribution in [2.24, 2.45) is 11.7 Å². The van der Waals surface area contributed by atoms with Gasteiger partial charge in [-0.05, 0) is 72.2 Å². The van der Waals surface area contributed by atoms with Crippen molar-refractivity contribution in [1.82, 2.24) is 0 Å². The highest BCUT2D eigenvalue weighted by molar-refractivity contribution is 9.10. The lowest BCUT2D eigenvalue weighted by Crippen LogP contribution is -2.21. The summed E-state index contributed by atoms with van der Waals surface area (Å²) < 4.78 is 12.6. The van der Waals surface area contributed by atoms with E-state index in [2.05, 4.69) is 35.0 Å². The minimum Gasteiger partial charge on any atom is -0.490 e. The van der Waals surface area contributed by atoms with E-state index in [0.29, 0.717) is 6.61 Å². The van der Waals surface area contributed by atoms with E-state index in [4.69, 9.17) is 15.2 Å². The Balaban J connectivity index is 2.15. The molecule has 4 heteroatoms. The predicted octanol–water partition coefficient (Wildman–Crippen LogP) is 3.92. The van der Waals surface area contributed by atoms with Gasteiger partial charge in [-0.25, -0.2) is 0 Å². The van der Waals surface area contributed by atoms with Crippen molar-refractivity contribution >= 4 is 15.9 Å². The van der Waals surface area contributed by atoms with E-state index in [-0.39, 0.29) is 6.04 Å². The molecule has 1 atom stereocenters. The predicted molar refractivity (Wildman–Crippen MR) is 85.5 cm³/mol. The molecule has 1 aromatic rings. The van der Waals surface area contributed by atoms with Crippen molar-refractivity contribution in [3.05, 3.63) is 22.2 Å². The number of ether oxygens (including phenoxy) is 2. The van der Waals surface area contributed by atoms with Crippen LogP contribution in [0, 0.1) is 5.92 Å². The Morgan fingerprint density at radius 2 is 2.05 bits per heavy atom. The lowest BCUT2D eigenvalue weighted by Gasteiger charge is -2.16. The van der Waals surface area contributed by atoms with Gasteiger partial charge < -0.3 is 15.2 Å². The molecule has 2 rings (SSSR count). The van der Waals surface area contributed by atoms with Crippen LogP contribution >= 0.6 is 15.9 Å². The molecule has 112 valence electrons. The summed E-state index contributed by atoms with van der Waals surface area (Å²) in [5, 5.41) is 0. The lowest BCUT2D eigenvalue weighted by molar-refractivity contribution is 0.265. The molecule has 0 amide bonds. The van der Waals surface area contributed by atoms with Gasteiger partial charge in [-0.2, -0.15) is 0 Å². The van der Waals surface area contributed by atoms with Gasteiger partial charge in [0.1, 0.15) is 0 Å². The number of benzene rings is 1. The molecule has 1 unspecified atom stereocenters. The summed E-state index contributed by atoms with van der Waals surface area (Å²) in [6.07, 6.45) is 4.40. The zero-order valence-corrected chi connectivity index (χ0v) is 13.9. The van der Waals surface area contributed by atoms with Gasteiger partial charge in [-0.3, -0.25) is 0 Å². The molecular weight excluding hydrogens is 318 g/mol. The van der Waals surface area contributed by atoms with Crippen LogP contribution < -0.4 is 15.2 Å². The molecule has 0 aromatic heterocycles. The Morgan fingerprint density at radius 1 is 1.30 bits per heavy atom. The normalized spacial score (nSPS) is 16.0. The Morgan fingerprint density at radius 3 is 2.65 bits per heavy atom. The average Bonchev–Trinajstić information content (AvgIpc) is 3.22. The fourth-order valence-corrected chi connectivity index (χ4v) is 2.68. The summed E-state index contributed by atoms with van der Waals surface area (Å²) in [5.41, 5.74) is 7.22. The minimum atomic E-state index is 0.189. The van der Waals surface area contributed by atoms with Gasteiger partial charge in [0.05, 0.1) is 17.7 Å². The van der Waals surface area contributed by atoms with Gasteiger partial charge in [-0.1, -0.05) is 6.92 Å². The minimum absolute atomic E-state index is 0.189. The first kappa shape index (κ1) is 15.6. The third kappa shape index (κ3) is 4.38. The van der Waals surface area contributed by atoms with Crippen molar-refractivity contribution in [2.75, 3.05) is 13.2 Å². The zero-order valence-electron chi connectivity index (χ0n) is 12.3. The summed E-state index contributed by atoms with van der Waals surface area (Å²) in [7, 11) is 0. The molecule has 1 aliphatic carbocycles. The molecule has 2 N–H and O–H groups in total. The van der Waals surface area contributed by atoms with Crippen molar-refractivity contribution < 1.29 is 9.47 Å². The van der Waals surface area contributed by atoms with E-state index < -0.39 is 0 Å². The first-order chi connectivity index (χ1) is 9.63. The van der Waals surface area contributed by atoms with E-state index in [1.54, 1.807) is 0 Å². The monoisotopic (exact) mass is 341 g/mol. The van der Waals surface area contributed by atoms with Crippen molar-refractivity contribution in [2.45, 2.75) is 45.6 Å². The second kappa shape index (κ2) is 7.32. The first-order valence-corrected chi connectivity index (χ1v) is 8.26. The van der Waals surface area contributed by atoms with Crippen molar-refractivity contribution in [1.29, 1.82) is 0 Å². The van der Waals surface area contributed by atoms with Crippen LogP contribution in [0.25, 0.3) is 0 Å². The quantitative estimate of drug-likeness (QED) is 0.779. The average molecular weight is 342 g/mol. The van der Waals surface area contributed by atoms with E-state index in [1.807, 2.05) is 6.92 Å². The molecule has 0 heterocycles. The number of halogens is 1. The van der Waals surface area contributed by atoms with Crippen LogP contribution in [0.5, 0.6) is 11.5 Å². The SMILES string of the molecule is CCOc1cc(CC(N)CC)cc(Br)c1OCC1CC1. The summed E-state index contributed by atoms with van der Waals surface area (Å²) in [6.45, 7) is 5.52. The molecule has 0 saturated heterocycles. The number of nitrogens with two attached hydrogens (primary N) is 1. The third-order valence-electron chi connectivity index (χ3n) is 3.55. The molecule has 3 nitrogen and oxygen atoms in total. The zero-order chi connectivity index (χ0) is 14.5. The Labute approximate surface area is 130 Å². The van der Waals surface area contributed by atoms with Crippen LogP contribution in [0.15, 0.2) is 16.6 Å². The third-order valence-corrected chi connectivity index (χ3v) is 4.14. The summed E-state index contributed by atoms with van der Waals surface area (Å²) in [6, 6.07) is 4.35. The van der Waals surface area contributed by atoms with E-state index in [0.717, 1.165) is 41.3 Å². The maximum absolute atomic E-state index is 6.04. The van der Waals surface area contributed by atoms with Crippen LogP contribution in [0.3, 0.4) is 0 Å². The van der Waals surface area contributed by atoms with E-state index in [9.17, 15) is 0 Å². The second-order valence-corrected chi connectivity index (χ2v) is 6.32. The Hall–Kier alpha value is -0.740. The van der Waals surface area contributed by atoms with Crippen LogP contribution in [-0.2, 0) is 6.42 Å². The Kier molecular flexibility index (Phi) is 5.73. The van der Waals surface area contributed by atoms with Crippen LogP contribution in [0.4, 0.5) is 0 Å². The molecule has 20 heavy (non-hydrogen) atoms. The smallest absolute Gasteiger partial charge is 0.175 e. The number of hydrogen-bond acceptors (Lipinski definition) is 3. The molecule has 1 saturated carbocycles. The number of hydrogen-bond donors (Lipinski definition) is 1. The highest BCUT2D eigenvalue weighted by atomic mass is 79.9. The first-order valence-electron chi connectivity index (χ1n) is 7.47. The maximum Gasteiger partial charge on any atom is 0.175 e. The van der Waals surface area contributed by atoms with Crippen molar-refractivity contribution in [3.63, 3.8) is 0 Å². The molecule has 0 bridgehead atoms. The maximum atomic E-state index is 6.04. The van der Waals surface area contributed by atoms with Gasteiger partial charge in [0.2, 0.25) is 0 Å². The molecular formula is C16H24BrNO2. The molecule has 1 aliphatic rings. The van der Waals surface area contributed by atoms with Gasteiger partial charge in [-0.15, -0.1) is 0 Å². The Bertz CT molecular complexity index is 446. The summed E-state index contributed by atoms with van der Waals surface area (Å²) in [5.74, 6) is 2.37. The van der Waals surface area contributed by atoms with Crippen LogP contribution in [0.2, 0.25) is 0 Å². The van der Waals surface area contributed by atoms with E-state index >= 15 is 0 Å². The fourth-order valence-electron chi connectivity index (χ4n) is 2.08. The molecule has 1 aromatic carbocycles. The van der Waals surface area contributed by atoms with Gasteiger partial charge in [0.25, 0.3) is 0 Å². The molecule has 0 aliphatic heterocycles. The van der Waals surface area contributed by atoms with Gasteiger partial charge in [0, 0.05) is 6.04 Å². The highest BCUT2D eigenvalue weighted by Gasteiger charge is 2.23. The molecule has 0 radical (unpaired) electrons. The van der Waals surface area contributed by atoms with Gasteiger partial charge >= 0.3 is 0 Å². The second-order valence-electron chi connectivity index (χ2n) is 5.46. The fraction of sp³-hybridized carbons (Fsp3) is 0.625.